The van der Waals surface area contributed by atoms with Gasteiger partial charge in [0.1, 0.15) is 5.60 Å². The molecule has 5 heteroatoms. The van der Waals surface area contributed by atoms with Crippen LogP contribution < -0.4 is 5.32 Å². The van der Waals surface area contributed by atoms with E-state index in [1.807, 2.05) is 52.9 Å². The molecule has 1 heterocycles. The van der Waals surface area contributed by atoms with Crippen LogP contribution in [0.2, 0.25) is 0 Å². The number of alkyl carbamates (subject to hydrolysis) is 1. The summed E-state index contributed by atoms with van der Waals surface area (Å²) in [6.45, 7) is 9.56. The van der Waals surface area contributed by atoms with Gasteiger partial charge in [0.15, 0.2) is 0 Å². The van der Waals surface area contributed by atoms with Crippen molar-refractivity contribution in [3.63, 3.8) is 0 Å². The third-order valence-corrected chi connectivity index (χ3v) is 3.69. The van der Waals surface area contributed by atoms with E-state index < -0.39 is 17.2 Å². The van der Waals surface area contributed by atoms with Crippen LogP contribution in [-0.2, 0) is 11.2 Å². The maximum atomic E-state index is 12.0. The fourth-order valence-corrected chi connectivity index (χ4v) is 2.76. The molecule has 0 spiro atoms. The summed E-state index contributed by atoms with van der Waals surface area (Å²) >= 11 is 3.50. The average molecular weight is 367 g/mol. The predicted octanol–water partition coefficient (Wildman–Crippen LogP) is 4.78. The van der Waals surface area contributed by atoms with Crippen molar-refractivity contribution < 1.29 is 9.53 Å². The standard InChI is InChI=1S/C17H23BrN2O2/c1-16(2,3)22-15(21)20-17(4,5)9-11-10-19-14-7-6-12(18)8-13(11)14/h6-8,10,19H,9H2,1-5H3,(H,20,21). The molecule has 2 N–H and O–H groups in total. The molecule has 0 radical (unpaired) electrons. The van der Waals surface area contributed by atoms with Crippen molar-refractivity contribution in [2.24, 2.45) is 0 Å². The molecule has 120 valence electrons. The van der Waals surface area contributed by atoms with Crippen molar-refractivity contribution in [3.8, 4) is 0 Å². The van der Waals surface area contributed by atoms with Crippen molar-refractivity contribution in [1.82, 2.24) is 10.3 Å². The van der Waals surface area contributed by atoms with Crippen molar-refractivity contribution in [1.29, 1.82) is 0 Å². The van der Waals surface area contributed by atoms with Crippen LogP contribution in [0, 0.1) is 0 Å². The van der Waals surface area contributed by atoms with Crippen LogP contribution in [0.3, 0.4) is 0 Å². The molecule has 0 aliphatic carbocycles. The number of rotatable bonds is 3. The second kappa shape index (κ2) is 5.95. The van der Waals surface area contributed by atoms with Gasteiger partial charge in [0.25, 0.3) is 0 Å². The highest BCUT2D eigenvalue weighted by Gasteiger charge is 2.25. The van der Waals surface area contributed by atoms with E-state index >= 15 is 0 Å². The summed E-state index contributed by atoms with van der Waals surface area (Å²) in [5, 5.41) is 4.10. The molecule has 0 unspecified atom stereocenters. The first-order chi connectivity index (χ1) is 10.1. The normalized spacial score (nSPS) is 12.5. The van der Waals surface area contributed by atoms with E-state index in [9.17, 15) is 4.79 Å². The second-order valence-electron chi connectivity index (χ2n) is 7.19. The number of hydrogen-bond donors (Lipinski definition) is 2. The molecule has 0 bridgehead atoms. The maximum Gasteiger partial charge on any atom is 0.408 e. The Morgan fingerprint density at radius 3 is 2.59 bits per heavy atom. The first kappa shape index (κ1) is 16.9. The van der Waals surface area contributed by atoms with E-state index in [1.54, 1.807) is 0 Å². The number of aromatic amines is 1. The first-order valence-electron chi connectivity index (χ1n) is 7.32. The van der Waals surface area contributed by atoms with E-state index in [1.165, 1.54) is 0 Å². The molecule has 1 aromatic heterocycles. The predicted molar refractivity (Wildman–Crippen MR) is 93.2 cm³/mol. The summed E-state index contributed by atoms with van der Waals surface area (Å²) in [4.78, 5) is 15.2. The number of benzene rings is 1. The lowest BCUT2D eigenvalue weighted by Gasteiger charge is -2.28. The molecular formula is C17H23BrN2O2. The van der Waals surface area contributed by atoms with Crippen molar-refractivity contribution in [3.05, 3.63) is 34.4 Å². The number of amides is 1. The van der Waals surface area contributed by atoms with Gasteiger partial charge in [0, 0.05) is 27.1 Å². The second-order valence-corrected chi connectivity index (χ2v) is 8.11. The fraction of sp³-hybridized carbons (Fsp3) is 0.471. The van der Waals surface area contributed by atoms with E-state index in [2.05, 4.69) is 32.3 Å². The number of fused-ring (bicyclic) bond motifs is 1. The zero-order chi connectivity index (χ0) is 16.5. The van der Waals surface area contributed by atoms with Crippen LogP contribution in [0.15, 0.2) is 28.9 Å². The maximum absolute atomic E-state index is 12.0. The molecule has 0 saturated heterocycles. The quantitative estimate of drug-likeness (QED) is 0.821. The van der Waals surface area contributed by atoms with Gasteiger partial charge in [-0.25, -0.2) is 4.79 Å². The Morgan fingerprint density at radius 1 is 1.27 bits per heavy atom. The molecule has 22 heavy (non-hydrogen) atoms. The topological polar surface area (TPSA) is 54.1 Å². The number of aromatic nitrogens is 1. The molecule has 0 saturated carbocycles. The number of halogens is 1. The third-order valence-electron chi connectivity index (χ3n) is 3.20. The summed E-state index contributed by atoms with van der Waals surface area (Å²) in [6, 6.07) is 6.13. The lowest BCUT2D eigenvalue weighted by molar-refractivity contribution is 0.0472. The summed E-state index contributed by atoms with van der Waals surface area (Å²) < 4.78 is 6.37. The van der Waals surface area contributed by atoms with Crippen LogP contribution >= 0.6 is 15.9 Å². The lowest BCUT2D eigenvalue weighted by atomic mass is 9.95. The molecule has 4 nitrogen and oxygen atoms in total. The summed E-state index contributed by atoms with van der Waals surface area (Å²) in [7, 11) is 0. The molecule has 0 aliphatic rings. The van der Waals surface area contributed by atoms with Crippen LogP contribution in [0.25, 0.3) is 10.9 Å². The number of hydrogen-bond acceptors (Lipinski definition) is 2. The molecular weight excluding hydrogens is 344 g/mol. The molecule has 1 aromatic carbocycles. The molecule has 1 amide bonds. The Morgan fingerprint density at radius 2 is 1.95 bits per heavy atom. The Labute approximate surface area is 139 Å². The zero-order valence-corrected chi connectivity index (χ0v) is 15.3. The van der Waals surface area contributed by atoms with Crippen LogP contribution in [-0.4, -0.2) is 22.2 Å². The average Bonchev–Trinajstić information content (AvgIpc) is 2.67. The summed E-state index contributed by atoms with van der Waals surface area (Å²) in [5.41, 5.74) is 1.36. The van der Waals surface area contributed by atoms with Crippen molar-refractivity contribution >= 4 is 32.9 Å². The number of ether oxygens (including phenoxy) is 1. The van der Waals surface area contributed by atoms with Gasteiger partial charge in [0.05, 0.1) is 0 Å². The van der Waals surface area contributed by atoms with E-state index in [0.29, 0.717) is 6.42 Å². The fourth-order valence-electron chi connectivity index (χ4n) is 2.40. The molecule has 2 rings (SSSR count). The van der Waals surface area contributed by atoms with Gasteiger partial charge in [-0.15, -0.1) is 0 Å². The van der Waals surface area contributed by atoms with Gasteiger partial charge in [0.2, 0.25) is 0 Å². The van der Waals surface area contributed by atoms with Gasteiger partial charge in [-0.3, -0.25) is 0 Å². The van der Waals surface area contributed by atoms with Gasteiger partial charge in [-0.2, -0.15) is 0 Å². The van der Waals surface area contributed by atoms with Crippen LogP contribution in [0.4, 0.5) is 4.79 Å². The smallest absolute Gasteiger partial charge is 0.408 e. The number of nitrogens with one attached hydrogen (secondary N) is 2. The molecule has 0 aliphatic heterocycles. The Hall–Kier alpha value is -1.49. The Kier molecular flexibility index (Phi) is 4.57. The molecule has 2 aromatic rings. The number of carbonyl (C=O) groups is 1. The van der Waals surface area contributed by atoms with Crippen LogP contribution in [0.5, 0.6) is 0 Å². The van der Waals surface area contributed by atoms with E-state index in [-0.39, 0.29) is 0 Å². The Balaban J connectivity index is 2.13. The highest BCUT2D eigenvalue weighted by molar-refractivity contribution is 9.10. The first-order valence-corrected chi connectivity index (χ1v) is 8.12. The minimum absolute atomic E-state index is 0.390. The summed E-state index contributed by atoms with van der Waals surface area (Å²) in [5.74, 6) is 0. The van der Waals surface area contributed by atoms with E-state index in [0.717, 1.165) is 20.9 Å². The van der Waals surface area contributed by atoms with Gasteiger partial charge < -0.3 is 15.0 Å². The molecule has 0 fully saturated rings. The molecule has 0 atom stereocenters. The van der Waals surface area contributed by atoms with Gasteiger partial charge in [-0.1, -0.05) is 15.9 Å². The van der Waals surface area contributed by atoms with Crippen molar-refractivity contribution in [2.45, 2.75) is 52.2 Å². The summed E-state index contributed by atoms with van der Waals surface area (Å²) in [6.07, 6.45) is 2.32. The van der Waals surface area contributed by atoms with Crippen molar-refractivity contribution in [2.75, 3.05) is 0 Å². The van der Waals surface area contributed by atoms with Crippen LogP contribution in [0.1, 0.15) is 40.2 Å². The third kappa shape index (κ3) is 4.50. The minimum Gasteiger partial charge on any atom is -0.444 e. The Bertz CT molecular complexity index is 684. The zero-order valence-electron chi connectivity index (χ0n) is 13.7. The highest BCUT2D eigenvalue weighted by atomic mass is 79.9. The SMILES string of the molecule is CC(C)(Cc1c[nH]c2ccc(Br)cc12)NC(=O)OC(C)(C)C. The number of H-pyrrole nitrogens is 1. The monoisotopic (exact) mass is 366 g/mol. The number of carbonyl (C=O) groups excluding carboxylic acids is 1. The minimum atomic E-state index is -0.494. The van der Waals surface area contributed by atoms with E-state index in [4.69, 9.17) is 4.74 Å². The van der Waals surface area contributed by atoms with Gasteiger partial charge >= 0.3 is 6.09 Å². The highest BCUT2D eigenvalue weighted by Crippen LogP contribution is 2.25. The lowest BCUT2D eigenvalue weighted by Crippen LogP contribution is -2.47. The largest absolute Gasteiger partial charge is 0.444 e. The van der Waals surface area contributed by atoms with Gasteiger partial charge in [-0.05, 0) is 64.8 Å².